The van der Waals surface area contributed by atoms with Crippen molar-refractivity contribution in [2.75, 3.05) is 12.8 Å². The summed E-state index contributed by atoms with van der Waals surface area (Å²) in [6.45, 7) is 0. The second-order valence-corrected chi connectivity index (χ2v) is 5.79. The third-order valence-electron chi connectivity index (χ3n) is 3.38. The lowest BCUT2D eigenvalue weighted by Gasteiger charge is -2.22. The Morgan fingerprint density at radius 3 is 3.12 bits per heavy atom. The second-order valence-electron chi connectivity index (χ2n) is 4.44. The van der Waals surface area contributed by atoms with E-state index < -0.39 is 0 Å². The molecule has 0 bridgehead atoms. The van der Waals surface area contributed by atoms with Gasteiger partial charge in [0.15, 0.2) is 0 Å². The van der Waals surface area contributed by atoms with Gasteiger partial charge < -0.3 is 9.88 Å². The molecule has 2 atom stereocenters. The van der Waals surface area contributed by atoms with Gasteiger partial charge >= 0.3 is 0 Å². The van der Waals surface area contributed by atoms with Gasteiger partial charge in [0.1, 0.15) is 5.82 Å². The zero-order valence-corrected chi connectivity index (χ0v) is 11.0. The van der Waals surface area contributed by atoms with Crippen molar-refractivity contribution >= 4 is 11.8 Å². The maximum absolute atomic E-state index is 4.38. The van der Waals surface area contributed by atoms with Crippen molar-refractivity contribution in [3.8, 4) is 0 Å². The van der Waals surface area contributed by atoms with E-state index in [4.69, 9.17) is 0 Å². The van der Waals surface area contributed by atoms with E-state index in [1.807, 2.05) is 12.4 Å². The Balaban J connectivity index is 1.85. The number of hydrogen-bond acceptors (Lipinski definition) is 3. The third kappa shape index (κ3) is 2.80. The average Bonchev–Trinajstić information content (AvgIpc) is 2.92. The lowest BCUT2D eigenvalue weighted by molar-refractivity contribution is 0.486. The van der Waals surface area contributed by atoms with Crippen molar-refractivity contribution in [2.45, 2.75) is 37.0 Å². The number of nitrogens with one attached hydrogen (secondary N) is 1. The molecule has 1 aliphatic rings. The highest BCUT2D eigenvalue weighted by Crippen LogP contribution is 2.30. The molecular formula is C12H21N3S. The van der Waals surface area contributed by atoms with Crippen LogP contribution in [-0.2, 0) is 13.5 Å². The van der Waals surface area contributed by atoms with E-state index in [2.05, 4.69) is 40.7 Å². The largest absolute Gasteiger partial charge is 0.338 e. The second kappa shape index (κ2) is 5.73. The van der Waals surface area contributed by atoms with Gasteiger partial charge in [-0.3, -0.25) is 0 Å². The first-order valence-electron chi connectivity index (χ1n) is 6.06. The van der Waals surface area contributed by atoms with Crippen LogP contribution in [0.3, 0.4) is 0 Å². The van der Waals surface area contributed by atoms with E-state index in [0.717, 1.165) is 11.7 Å². The molecule has 2 rings (SSSR count). The fraction of sp³-hybridized carbons (Fsp3) is 0.750. The van der Waals surface area contributed by atoms with Crippen LogP contribution in [0.4, 0.5) is 0 Å². The monoisotopic (exact) mass is 239 g/mol. The number of aromatic nitrogens is 2. The Morgan fingerprint density at radius 1 is 1.69 bits per heavy atom. The van der Waals surface area contributed by atoms with Gasteiger partial charge in [-0.1, -0.05) is 0 Å². The molecule has 1 aliphatic heterocycles. The van der Waals surface area contributed by atoms with Crippen LogP contribution >= 0.6 is 11.8 Å². The molecule has 0 aliphatic carbocycles. The van der Waals surface area contributed by atoms with Crippen molar-refractivity contribution < 1.29 is 0 Å². The van der Waals surface area contributed by atoms with Crippen molar-refractivity contribution in [1.82, 2.24) is 14.9 Å². The smallest absolute Gasteiger partial charge is 0.108 e. The number of hydrogen-bond donors (Lipinski definition) is 1. The standard InChI is InChI=1S/C12H21N3S/c1-13-10(11-4-3-9-16-11)5-6-12-14-7-8-15(12)2/h7-8,10-11,13H,3-6,9H2,1-2H3. The Kier molecular flexibility index (Phi) is 4.29. The molecule has 2 unspecified atom stereocenters. The predicted octanol–water partition coefficient (Wildman–Crippen LogP) is 1.84. The van der Waals surface area contributed by atoms with E-state index in [1.54, 1.807) is 0 Å². The van der Waals surface area contributed by atoms with Crippen molar-refractivity contribution in [3.63, 3.8) is 0 Å². The van der Waals surface area contributed by atoms with Crippen LogP contribution in [-0.4, -0.2) is 33.6 Å². The summed E-state index contributed by atoms with van der Waals surface area (Å²) in [5, 5.41) is 4.28. The SMILES string of the molecule is CNC(CCc1nccn1C)C1CCCS1. The topological polar surface area (TPSA) is 29.9 Å². The minimum atomic E-state index is 0.643. The Hall–Kier alpha value is -0.480. The van der Waals surface area contributed by atoms with Gasteiger partial charge in [-0.15, -0.1) is 0 Å². The van der Waals surface area contributed by atoms with Gasteiger partial charge in [-0.2, -0.15) is 11.8 Å². The normalized spacial score (nSPS) is 22.5. The maximum Gasteiger partial charge on any atom is 0.108 e. The van der Waals surface area contributed by atoms with Crippen LogP contribution in [0.2, 0.25) is 0 Å². The third-order valence-corrected chi connectivity index (χ3v) is 4.90. The van der Waals surface area contributed by atoms with Crippen molar-refractivity contribution in [2.24, 2.45) is 7.05 Å². The molecular weight excluding hydrogens is 218 g/mol. The first kappa shape index (κ1) is 12.0. The van der Waals surface area contributed by atoms with E-state index in [9.17, 15) is 0 Å². The fourth-order valence-electron chi connectivity index (χ4n) is 2.36. The van der Waals surface area contributed by atoms with Crippen LogP contribution in [0.5, 0.6) is 0 Å². The molecule has 1 fully saturated rings. The van der Waals surface area contributed by atoms with Crippen LogP contribution in [0, 0.1) is 0 Å². The molecule has 0 radical (unpaired) electrons. The lowest BCUT2D eigenvalue weighted by Crippen LogP contribution is -2.35. The first-order valence-corrected chi connectivity index (χ1v) is 7.11. The number of nitrogens with zero attached hydrogens (tertiary/aromatic N) is 2. The summed E-state index contributed by atoms with van der Waals surface area (Å²) in [7, 11) is 4.16. The summed E-state index contributed by atoms with van der Waals surface area (Å²) < 4.78 is 2.12. The summed E-state index contributed by atoms with van der Waals surface area (Å²) >= 11 is 2.13. The summed E-state index contributed by atoms with van der Waals surface area (Å²) in [6.07, 6.45) is 8.93. The highest BCUT2D eigenvalue weighted by atomic mass is 32.2. The molecule has 0 spiro atoms. The Labute approximate surface area is 102 Å². The van der Waals surface area contributed by atoms with Gasteiger partial charge in [0, 0.05) is 37.2 Å². The van der Waals surface area contributed by atoms with Crippen molar-refractivity contribution in [3.05, 3.63) is 18.2 Å². The molecule has 1 N–H and O–H groups in total. The highest BCUT2D eigenvalue weighted by molar-refractivity contribution is 8.00. The minimum Gasteiger partial charge on any atom is -0.338 e. The number of aryl methyl sites for hydroxylation is 2. The zero-order valence-electron chi connectivity index (χ0n) is 10.1. The van der Waals surface area contributed by atoms with Gasteiger partial charge in [0.2, 0.25) is 0 Å². The van der Waals surface area contributed by atoms with E-state index in [1.165, 1.54) is 30.8 Å². The van der Waals surface area contributed by atoms with Crippen LogP contribution < -0.4 is 5.32 Å². The summed E-state index contributed by atoms with van der Waals surface area (Å²) in [4.78, 5) is 4.38. The zero-order chi connectivity index (χ0) is 11.4. The molecule has 16 heavy (non-hydrogen) atoms. The van der Waals surface area contributed by atoms with Gasteiger partial charge in [-0.05, 0) is 32.1 Å². The van der Waals surface area contributed by atoms with Crippen LogP contribution in [0.25, 0.3) is 0 Å². The average molecular weight is 239 g/mol. The lowest BCUT2D eigenvalue weighted by atomic mass is 10.0. The van der Waals surface area contributed by atoms with E-state index in [0.29, 0.717) is 6.04 Å². The van der Waals surface area contributed by atoms with E-state index in [-0.39, 0.29) is 0 Å². The molecule has 4 heteroatoms. The predicted molar refractivity (Wildman–Crippen MR) is 69.9 cm³/mol. The Morgan fingerprint density at radius 2 is 2.56 bits per heavy atom. The Bertz CT molecular complexity index is 318. The molecule has 1 aromatic heterocycles. The van der Waals surface area contributed by atoms with Gasteiger partial charge in [0.05, 0.1) is 0 Å². The maximum atomic E-state index is 4.38. The number of thioether (sulfide) groups is 1. The molecule has 2 heterocycles. The van der Waals surface area contributed by atoms with E-state index >= 15 is 0 Å². The molecule has 90 valence electrons. The summed E-state index contributed by atoms with van der Waals surface area (Å²) in [5.41, 5.74) is 0. The summed E-state index contributed by atoms with van der Waals surface area (Å²) in [5.74, 6) is 2.54. The number of imidazole rings is 1. The van der Waals surface area contributed by atoms with Crippen molar-refractivity contribution in [1.29, 1.82) is 0 Å². The molecule has 3 nitrogen and oxygen atoms in total. The quantitative estimate of drug-likeness (QED) is 0.850. The summed E-state index contributed by atoms with van der Waals surface area (Å²) in [6, 6.07) is 0.643. The van der Waals surface area contributed by atoms with Gasteiger partial charge in [0.25, 0.3) is 0 Å². The molecule has 0 aromatic carbocycles. The highest BCUT2D eigenvalue weighted by Gasteiger charge is 2.24. The molecule has 0 saturated carbocycles. The minimum absolute atomic E-state index is 0.643. The van der Waals surface area contributed by atoms with Gasteiger partial charge in [-0.25, -0.2) is 4.98 Å². The first-order chi connectivity index (χ1) is 7.81. The van der Waals surface area contributed by atoms with Crippen LogP contribution in [0.15, 0.2) is 12.4 Å². The molecule has 0 amide bonds. The molecule has 1 aromatic rings. The number of rotatable bonds is 5. The fourth-order valence-corrected chi connectivity index (χ4v) is 3.83. The molecule has 1 saturated heterocycles. The van der Waals surface area contributed by atoms with Crippen LogP contribution in [0.1, 0.15) is 25.1 Å².